The zero-order valence-electron chi connectivity index (χ0n) is 45.2. The first kappa shape index (κ1) is 64.0. The van der Waals surface area contributed by atoms with Crippen molar-refractivity contribution in [3.05, 3.63) is 36.0 Å². The molecule has 0 radical (unpaired) electrons. The van der Waals surface area contributed by atoms with Crippen molar-refractivity contribution in [2.45, 2.75) is 174 Å². The molecular formula is C52H84N12O11S. The molecule has 1 aromatic carbocycles. The fraction of sp³-hybridized carbons (Fsp3) is 0.654. The molecule has 1 aliphatic rings. The summed E-state index contributed by atoms with van der Waals surface area (Å²) >= 11 is 4.35. The molecule has 1 saturated heterocycles. The highest BCUT2D eigenvalue weighted by molar-refractivity contribution is 7.80. The van der Waals surface area contributed by atoms with Gasteiger partial charge in [0.2, 0.25) is 53.2 Å². The number of aromatic nitrogens is 1. The largest absolute Gasteiger partial charge is 0.480 e. The Labute approximate surface area is 451 Å². The first-order valence-electron chi connectivity index (χ1n) is 26.3. The molecule has 1 aliphatic heterocycles. The van der Waals surface area contributed by atoms with Crippen molar-refractivity contribution in [1.29, 1.82) is 0 Å². The van der Waals surface area contributed by atoms with Gasteiger partial charge in [0.05, 0.1) is 6.04 Å². The van der Waals surface area contributed by atoms with Crippen LogP contribution in [-0.4, -0.2) is 147 Å². The molecule has 23 nitrogen and oxygen atoms in total. The van der Waals surface area contributed by atoms with Gasteiger partial charge in [-0.2, -0.15) is 12.6 Å². The van der Waals surface area contributed by atoms with Gasteiger partial charge in [-0.25, -0.2) is 4.79 Å². The number of carboxylic acid groups (broad SMARTS) is 1. The summed E-state index contributed by atoms with van der Waals surface area (Å²) in [4.78, 5) is 140. The number of likely N-dealkylation sites (tertiary alicyclic amines) is 1. The summed E-state index contributed by atoms with van der Waals surface area (Å²) in [5.41, 5.74) is 18.6. The van der Waals surface area contributed by atoms with Crippen molar-refractivity contribution in [1.82, 2.24) is 47.1 Å². The number of aliphatic carboxylic acids is 1. The van der Waals surface area contributed by atoms with Crippen LogP contribution in [0.3, 0.4) is 0 Å². The van der Waals surface area contributed by atoms with Gasteiger partial charge in [-0.3, -0.25) is 43.2 Å². The molecule has 2 aromatic rings. The quantitative estimate of drug-likeness (QED) is 0.0345. The topological polar surface area (TPSA) is 372 Å². The molecule has 0 aliphatic carbocycles. The lowest BCUT2D eigenvalue weighted by atomic mass is 9.99. The van der Waals surface area contributed by atoms with E-state index in [1.807, 2.05) is 38.1 Å². The number of unbranched alkanes of at least 4 members (excludes halogenated alkanes) is 1. The van der Waals surface area contributed by atoms with Crippen molar-refractivity contribution in [3.8, 4) is 0 Å². The van der Waals surface area contributed by atoms with Crippen LogP contribution in [0.15, 0.2) is 30.5 Å². The minimum absolute atomic E-state index is 0.0254. The average Bonchev–Trinajstić information content (AvgIpc) is 4.01. The number of fused-ring (bicyclic) bond motifs is 1. The number of carbonyl (C=O) groups is 10. The first-order chi connectivity index (χ1) is 35.8. The number of carbonyl (C=O) groups excluding carboxylic acids is 9. The van der Waals surface area contributed by atoms with Gasteiger partial charge in [-0.1, -0.05) is 80.0 Å². The van der Waals surface area contributed by atoms with Crippen molar-refractivity contribution < 1.29 is 53.1 Å². The number of hydrogen-bond donors (Lipinski definition) is 13. The smallest absolute Gasteiger partial charge is 0.326 e. The Balaban J connectivity index is 1.82. The van der Waals surface area contributed by atoms with E-state index in [1.165, 1.54) is 4.90 Å². The molecule has 1 fully saturated rings. The van der Waals surface area contributed by atoms with Crippen LogP contribution in [0.2, 0.25) is 0 Å². The Kier molecular flexibility index (Phi) is 26.2. The number of thiol groups is 1. The molecule has 1 aromatic heterocycles. The zero-order valence-corrected chi connectivity index (χ0v) is 46.1. The molecule has 0 spiro atoms. The molecule has 3 rings (SSSR count). The summed E-state index contributed by atoms with van der Waals surface area (Å²) < 4.78 is 0. The molecule has 0 unspecified atom stereocenters. The Hall–Kier alpha value is -6.27. The number of hydrogen-bond acceptors (Lipinski definition) is 13. The maximum atomic E-state index is 14.3. The third-order valence-corrected chi connectivity index (χ3v) is 13.5. The van der Waals surface area contributed by atoms with E-state index in [1.54, 1.807) is 47.7 Å². The van der Waals surface area contributed by atoms with E-state index >= 15 is 0 Å². The van der Waals surface area contributed by atoms with Crippen LogP contribution < -0.4 is 54.4 Å². The highest BCUT2D eigenvalue weighted by Crippen LogP contribution is 2.22. The molecule has 76 heavy (non-hydrogen) atoms. The van der Waals surface area contributed by atoms with Crippen molar-refractivity contribution in [3.63, 3.8) is 0 Å². The van der Waals surface area contributed by atoms with E-state index in [-0.39, 0.29) is 62.7 Å². The summed E-state index contributed by atoms with van der Waals surface area (Å²) in [7, 11) is 0. The molecule has 24 heteroatoms. The zero-order chi connectivity index (χ0) is 57.0. The van der Waals surface area contributed by atoms with Crippen LogP contribution in [0.5, 0.6) is 0 Å². The number of para-hydroxylation sites is 1. The molecule has 9 atom stereocenters. The lowest BCUT2D eigenvalue weighted by molar-refractivity contribution is -0.143. The number of rotatable bonds is 32. The number of H-pyrrole nitrogens is 1. The van der Waals surface area contributed by atoms with E-state index in [4.69, 9.17) is 17.2 Å². The Morgan fingerprint density at radius 3 is 1.78 bits per heavy atom. The lowest BCUT2D eigenvalue weighted by Crippen LogP contribution is -2.61. The summed E-state index contributed by atoms with van der Waals surface area (Å²) in [5, 5.41) is 29.4. The summed E-state index contributed by atoms with van der Waals surface area (Å²) in [6, 6.07) is -3.48. The SMILES string of the molecule is CC(C)C[C@H](NC(=O)[C@H](CCC(N)=O)NC(=O)[C@@H](NC(=O)[C@@H]1CCCN1C(=O)[C@H](CS)NC(=O)[C@H](CC(C)C)NC(=O)[C@@H](N)CCCCN)C(C)C)C(=O)N[C@@H](Cc1c[nH]c2ccccc12)C(=O)N[C@H](C(=O)O)C(C)C. The van der Waals surface area contributed by atoms with E-state index in [0.717, 1.165) is 10.9 Å². The number of aromatic amines is 1. The molecule has 0 bridgehead atoms. The van der Waals surface area contributed by atoms with Crippen molar-refractivity contribution >= 4 is 82.7 Å². The first-order valence-corrected chi connectivity index (χ1v) is 27.0. The minimum Gasteiger partial charge on any atom is -0.480 e. The molecule has 9 amide bonds. The van der Waals surface area contributed by atoms with Crippen LogP contribution in [-0.2, 0) is 54.4 Å². The van der Waals surface area contributed by atoms with Gasteiger partial charge in [0.1, 0.15) is 48.3 Å². The van der Waals surface area contributed by atoms with E-state index in [0.29, 0.717) is 37.8 Å². The number of nitrogens with zero attached hydrogens (tertiary/aromatic N) is 1. The van der Waals surface area contributed by atoms with Crippen molar-refractivity contribution in [2.75, 3.05) is 18.8 Å². The number of primary amides is 1. The van der Waals surface area contributed by atoms with E-state index < -0.39 is 125 Å². The van der Waals surface area contributed by atoms with Gasteiger partial charge >= 0.3 is 5.97 Å². The Morgan fingerprint density at radius 2 is 1.22 bits per heavy atom. The van der Waals surface area contributed by atoms with Crippen molar-refractivity contribution in [2.24, 2.45) is 40.9 Å². The van der Waals surface area contributed by atoms with Crippen LogP contribution in [0.4, 0.5) is 0 Å². The lowest BCUT2D eigenvalue weighted by Gasteiger charge is -2.31. The number of nitrogens with two attached hydrogens (primary N) is 3. The second kappa shape index (κ2) is 31.1. The van der Waals surface area contributed by atoms with Crippen LogP contribution in [0, 0.1) is 23.7 Å². The molecule has 15 N–H and O–H groups in total. The maximum absolute atomic E-state index is 14.3. The molecule has 2 heterocycles. The summed E-state index contributed by atoms with van der Waals surface area (Å²) in [6.07, 6.45) is 3.59. The van der Waals surface area contributed by atoms with Crippen LogP contribution >= 0.6 is 12.6 Å². The monoisotopic (exact) mass is 1080 g/mol. The van der Waals surface area contributed by atoms with Gasteiger partial charge in [-0.15, -0.1) is 0 Å². The normalized spacial score (nSPS) is 16.7. The van der Waals surface area contributed by atoms with E-state index in [9.17, 15) is 53.1 Å². The van der Waals surface area contributed by atoms with Gasteiger partial charge in [0.25, 0.3) is 0 Å². The molecule has 424 valence electrons. The third kappa shape index (κ3) is 19.7. The predicted molar refractivity (Wildman–Crippen MR) is 290 cm³/mol. The fourth-order valence-electron chi connectivity index (χ4n) is 8.93. The highest BCUT2D eigenvalue weighted by atomic mass is 32.1. The third-order valence-electron chi connectivity index (χ3n) is 13.1. The standard InChI is InChI=1S/C52H84N12O11S/c1-27(2)22-36(58-44(66)33(54)15-11-12-20-53)47(69)61-39(26-76)51(73)64-21-13-17-40(64)49(71)62-42(29(5)6)50(72)57-35(18-19-41(55)65)45(67)59-37(23-28(3)4)46(68)60-38(48(70)63-43(30(7)8)52(74)75)24-31-25-56-34-16-10-9-14-32(31)34/h9-10,14,16,25,27-30,33,35-40,42-43,56,76H,11-13,15,17-24,26,53-54H2,1-8H3,(H2,55,65)(H,57,72)(H,58,66)(H,59,67)(H,60,68)(H,61,69)(H,62,71)(H,63,70)(H,74,75)/t33-,35-,36-,37-,38-,39-,40-,42-,43-/m0/s1. The minimum atomic E-state index is -1.46. The fourth-order valence-corrected chi connectivity index (χ4v) is 9.18. The van der Waals surface area contributed by atoms with E-state index in [2.05, 4.69) is 54.8 Å². The van der Waals surface area contributed by atoms with Gasteiger partial charge in [-0.05, 0) is 86.8 Å². The number of benzene rings is 1. The Bertz CT molecular complexity index is 2330. The highest BCUT2D eigenvalue weighted by Gasteiger charge is 2.41. The van der Waals surface area contributed by atoms with Gasteiger partial charge in [0.15, 0.2) is 0 Å². The molecular weight excluding hydrogens is 1000 g/mol. The maximum Gasteiger partial charge on any atom is 0.326 e. The predicted octanol–water partition coefficient (Wildman–Crippen LogP) is 0.235. The number of nitrogens with one attached hydrogen (secondary N) is 8. The average molecular weight is 1090 g/mol. The molecule has 0 saturated carbocycles. The van der Waals surface area contributed by atoms with Crippen LogP contribution in [0.1, 0.15) is 119 Å². The second-order valence-electron chi connectivity index (χ2n) is 21.2. The van der Waals surface area contributed by atoms with Gasteiger partial charge in [0, 0.05) is 42.2 Å². The van der Waals surface area contributed by atoms with Gasteiger partial charge < -0.3 is 69.4 Å². The summed E-state index contributed by atoms with van der Waals surface area (Å²) in [5.74, 6) is -9.20. The number of carboxylic acids is 1. The summed E-state index contributed by atoms with van der Waals surface area (Å²) in [6.45, 7) is 14.5. The second-order valence-corrected chi connectivity index (χ2v) is 21.6. The number of amides is 9. The Morgan fingerprint density at radius 1 is 0.684 bits per heavy atom. The van der Waals surface area contributed by atoms with Crippen LogP contribution in [0.25, 0.3) is 10.9 Å².